The predicted molar refractivity (Wildman–Crippen MR) is 101 cm³/mol. The van der Waals surface area contributed by atoms with Crippen LogP contribution in [0.25, 0.3) is 33.4 Å². The molecule has 0 atom stereocenters. The molecule has 7 heteroatoms. The van der Waals surface area contributed by atoms with Crippen molar-refractivity contribution in [2.45, 2.75) is 19.9 Å². The molecule has 0 spiro atoms. The fraction of sp³-hybridized carbons (Fsp3) is 0.150. The van der Waals surface area contributed by atoms with Crippen LogP contribution in [0.4, 0.5) is 14.7 Å². The Labute approximate surface area is 154 Å². The van der Waals surface area contributed by atoms with Crippen molar-refractivity contribution in [3.8, 4) is 22.5 Å². The predicted octanol–water partition coefficient (Wildman–Crippen LogP) is 4.79. The standard InChI is InChI=1S/C20H17F2N5/c1-11(2)24-20-23-9-8-17(25-20)19-13-10-12(6-7-16(13)26-27-19)18-14(21)4-3-5-15(18)22/h3-11H,1-2H3,(H,26,27)(H,23,24,25). The van der Waals surface area contributed by atoms with Gasteiger partial charge < -0.3 is 5.32 Å². The molecule has 136 valence electrons. The van der Waals surface area contributed by atoms with E-state index in [1.165, 1.54) is 18.2 Å². The van der Waals surface area contributed by atoms with Gasteiger partial charge in [0.1, 0.15) is 17.3 Å². The minimum atomic E-state index is -0.607. The maximum atomic E-state index is 14.2. The molecule has 2 aromatic carbocycles. The quantitative estimate of drug-likeness (QED) is 0.546. The Balaban J connectivity index is 1.84. The first kappa shape index (κ1) is 17.1. The van der Waals surface area contributed by atoms with Crippen LogP contribution in [0.3, 0.4) is 0 Å². The summed E-state index contributed by atoms with van der Waals surface area (Å²) >= 11 is 0. The molecule has 0 fully saturated rings. The lowest BCUT2D eigenvalue weighted by Gasteiger charge is -2.08. The van der Waals surface area contributed by atoms with Crippen LogP contribution in [0.1, 0.15) is 13.8 Å². The molecule has 5 nitrogen and oxygen atoms in total. The monoisotopic (exact) mass is 365 g/mol. The first-order chi connectivity index (χ1) is 13.0. The average molecular weight is 365 g/mol. The Bertz CT molecular complexity index is 1100. The van der Waals surface area contributed by atoms with Gasteiger partial charge in [-0.2, -0.15) is 5.10 Å². The van der Waals surface area contributed by atoms with Gasteiger partial charge in [0.15, 0.2) is 0 Å². The maximum absolute atomic E-state index is 14.2. The van der Waals surface area contributed by atoms with E-state index in [9.17, 15) is 8.78 Å². The highest BCUT2D eigenvalue weighted by Crippen LogP contribution is 2.32. The third kappa shape index (κ3) is 3.23. The minimum absolute atomic E-state index is 0.0589. The van der Waals surface area contributed by atoms with Gasteiger partial charge in [0.25, 0.3) is 0 Å². The number of halogens is 2. The number of hydrogen-bond acceptors (Lipinski definition) is 4. The SMILES string of the molecule is CC(C)Nc1nccc(-c2n[nH]c3ccc(-c4c(F)cccc4F)cc23)n1. The number of hydrogen-bond donors (Lipinski definition) is 2. The van der Waals surface area contributed by atoms with Crippen LogP contribution in [-0.4, -0.2) is 26.2 Å². The molecular weight excluding hydrogens is 348 g/mol. The number of aromatic nitrogens is 4. The Kier molecular flexibility index (Phi) is 4.27. The molecule has 0 aliphatic rings. The highest BCUT2D eigenvalue weighted by atomic mass is 19.1. The van der Waals surface area contributed by atoms with Crippen LogP contribution < -0.4 is 5.32 Å². The van der Waals surface area contributed by atoms with E-state index in [4.69, 9.17) is 0 Å². The summed E-state index contributed by atoms with van der Waals surface area (Å²) in [5, 5.41) is 11.1. The molecule has 0 aliphatic heterocycles. The molecule has 0 bridgehead atoms. The van der Waals surface area contributed by atoms with Crippen molar-refractivity contribution < 1.29 is 8.78 Å². The third-order valence-electron chi connectivity index (χ3n) is 4.13. The van der Waals surface area contributed by atoms with Crippen molar-refractivity contribution in [2.24, 2.45) is 0 Å². The molecule has 27 heavy (non-hydrogen) atoms. The first-order valence-electron chi connectivity index (χ1n) is 8.55. The van der Waals surface area contributed by atoms with E-state index in [1.807, 2.05) is 13.8 Å². The fourth-order valence-electron chi connectivity index (χ4n) is 2.96. The summed E-state index contributed by atoms with van der Waals surface area (Å²) in [5.41, 5.74) is 2.34. The summed E-state index contributed by atoms with van der Waals surface area (Å²) in [6, 6.07) is 10.9. The molecule has 2 heterocycles. The molecule has 0 aliphatic carbocycles. The van der Waals surface area contributed by atoms with Crippen LogP contribution in [0.2, 0.25) is 0 Å². The summed E-state index contributed by atoms with van der Waals surface area (Å²) in [5.74, 6) is -0.718. The molecule has 0 saturated heterocycles. The lowest BCUT2D eigenvalue weighted by Crippen LogP contribution is -2.12. The highest BCUT2D eigenvalue weighted by Gasteiger charge is 2.15. The van der Waals surface area contributed by atoms with Gasteiger partial charge in [0.2, 0.25) is 5.95 Å². The van der Waals surface area contributed by atoms with E-state index in [-0.39, 0.29) is 11.6 Å². The normalized spacial score (nSPS) is 11.3. The molecule has 0 radical (unpaired) electrons. The summed E-state index contributed by atoms with van der Waals surface area (Å²) in [7, 11) is 0. The van der Waals surface area contributed by atoms with Gasteiger partial charge in [-0.1, -0.05) is 12.1 Å². The van der Waals surface area contributed by atoms with Crippen LogP contribution >= 0.6 is 0 Å². The molecule has 0 unspecified atom stereocenters. The van der Waals surface area contributed by atoms with Gasteiger partial charge in [-0.05, 0) is 49.7 Å². The van der Waals surface area contributed by atoms with Crippen LogP contribution in [0.5, 0.6) is 0 Å². The number of rotatable bonds is 4. The van der Waals surface area contributed by atoms with E-state index in [0.29, 0.717) is 22.9 Å². The van der Waals surface area contributed by atoms with Crippen molar-refractivity contribution in [1.29, 1.82) is 0 Å². The Hall–Kier alpha value is -3.35. The second-order valence-corrected chi connectivity index (χ2v) is 6.49. The van der Waals surface area contributed by atoms with Crippen molar-refractivity contribution in [2.75, 3.05) is 5.32 Å². The van der Waals surface area contributed by atoms with Gasteiger partial charge in [-0.3, -0.25) is 5.10 Å². The molecule has 0 saturated carbocycles. The van der Waals surface area contributed by atoms with E-state index in [0.717, 1.165) is 10.9 Å². The van der Waals surface area contributed by atoms with Crippen molar-refractivity contribution >= 4 is 16.9 Å². The number of aromatic amines is 1. The minimum Gasteiger partial charge on any atom is -0.352 e. The van der Waals surface area contributed by atoms with Gasteiger partial charge >= 0.3 is 0 Å². The number of nitrogens with one attached hydrogen (secondary N) is 2. The zero-order valence-corrected chi connectivity index (χ0v) is 14.8. The highest BCUT2D eigenvalue weighted by molar-refractivity contribution is 5.95. The summed E-state index contributed by atoms with van der Waals surface area (Å²) in [6.07, 6.45) is 1.65. The smallest absolute Gasteiger partial charge is 0.223 e. The number of nitrogens with zero attached hydrogens (tertiary/aromatic N) is 3. The Morgan fingerprint density at radius 3 is 2.56 bits per heavy atom. The Morgan fingerprint density at radius 2 is 1.81 bits per heavy atom. The Morgan fingerprint density at radius 1 is 1.04 bits per heavy atom. The molecule has 2 aromatic heterocycles. The molecule has 0 amide bonds. The first-order valence-corrected chi connectivity index (χ1v) is 8.55. The second-order valence-electron chi connectivity index (χ2n) is 6.49. The van der Waals surface area contributed by atoms with E-state index < -0.39 is 11.6 Å². The summed E-state index contributed by atoms with van der Waals surface area (Å²) in [6.45, 7) is 3.99. The molecule has 4 aromatic rings. The van der Waals surface area contributed by atoms with E-state index >= 15 is 0 Å². The van der Waals surface area contributed by atoms with Gasteiger partial charge in [0.05, 0.1) is 16.8 Å². The maximum Gasteiger partial charge on any atom is 0.223 e. The van der Waals surface area contributed by atoms with Crippen molar-refractivity contribution in [3.63, 3.8) is 0 Å². The lowest BCUT2D eigenvalue weighted by molar-refractivity contribution is 0.589. The van der Waals surface area contributed by atoms with E-state index in [2.05, 4.69) is 25.5 Å². The van der Waals surface area contributed by atoms with Crippen LogP contribution in [-0.2, 0) is 0 Å². The number of anilines is 1. The number of benzene rings is 2. The average Bonchev–Trinajstić information content (AvgIpc) is 3.04. The van der Waals surface area contributed by atoms with Gasteiger partial charge in [-0.15, -0.1) is 0 Å². The zero-order valence-electron chi connectivity index (χ0n) is 14.8. The topological polar surface area (TPSA) is 66.5 Å². The second kappa shape index (κ2) is 6.75. The fourth-order valence-corrected chi connectivity index (χ4v) is 2.96. The third-order valence-corrected chi connectivity index (χ3v) is 4.13. The lowest BCUT2D eigenvalue weighted by atomic mass is 10.0. The summed E-state index contributed by atoms with van der Waals surface area (Å²) in [4.78, 5) is 8.69. The van der Waals surface area contributed by atoms with Crippen LogP contribution in [0, 0.1) is 11.6 Å². The largest absolute Gasteiger partial charge is 0.352 e. The van der Waals surface area contributed by atoms with Crippen molar-refractivity contribution in [3.05, 3.63) is 60.3 Å². The zero-order chi connectivity index (χ0) is 19.0. The summed E-state index contributed by atoms with van der Waals surface area (Å²) < 4.78 is 28.3. The van der Waals surface area contributed by atoms with Gasteiger partial charge in [0, 0.05) is 17.6 Å². The molecule has 2 N–H and O–H groups in total. The van der Waals surface area contributed by atoms with Crippen molar-refractivity contribution in [1.82, 2.24) is 20.2 Å². The number of H-pyrrole nitrogens is 1. The molecular formula is C20H17F2N5. The van der Waals surface area contributed by atoms with E-state index in [1.54, 1.807) is 30.5 Å². The number of fused-ring (bicyclic) bond motifs is 1. The van der Waals surface area contributed by atoms with Crippen LogP contribution in [0.15, 0.2) is 48.7 Å². The van der Waals surface area contributed by atoms with Gasteiger partial charge in [-0.25, -0.2) is 18.7 Å². The molecule has 4 rings (SSSR count).